The van der Waals surface area contributed by atoms with Gasteiger partial charge in [0.1, 0.15) is 12.4 Å². The van der Waals surface area contributed by atoms with Crippen molar-refractivity contribution in [1.29, 1.82) is 0 Å². The molecule has 0 saturated carbocycles. The van der Waals surface area contributed by atoms with Gasteiger partial charge in [0.25, 0.3) is 0 Å². The highest BCUT2D eigenvalue weighted by Crippen LogP contribution is 2.12. The summed E-state index contributed by atoms with van der Waals surface area (Å²) < 4.78 is 16.0. The van der Waals surface area contributed by atoms with Gasteiger partial charge in [0.15, 0.2) is 0 Å². The highest BCUT2D eigenvalue weighted by molar-refractivity contribution is 5.79. The summed E-state index contributed by atoms with van der Waals surface area (Å²) in [6.07, 6.45) is 7.90. The average Bonchev–Trinajstić information content (AvgIpc) is 2.81. The van der Waals surface area contributed by atoms with Crippen molar-refractivity contribution in [3.05, 3.63) is 47.4 Å². The van der Waals surface area contributed by atoms with Crippen molar-refractivity contribution in [2.75, 3.05) is 54.5 Å². The minimum Gasteiger partial charge on any atom is -0.495 e. The molecule has 0 spiro atoms. The largest absolute Gasteiger partial charge is 0.495 e. The molecular formula is C25H42N4O6. The molecule has 0 rings (SSSR count). The molecule has 0 saturated heterocycles. The van der Waals surface area contributed by atoms with E-state index in [9.17, 15) is 14.4 Å². The van der Waals surface area contributed by atoms with E-state index in [1.807, 2.05) is 13.8 Å². The molecule has 3 amide bonds. The van der Waals surface area contributed by atoms with E-state index in [-0.39, 0.29) is 25.2 Å². The lowest BCUT2D eigenvalue weighted by molar-refractivity contribution is -0.120. The lowest BCUT2D eigenvalue weighted by atomic mass is 10.2. The lowest BCUT2D eigenvalue weighted by Crippen LogP contribution is -2.38. The van der Waals surface area contributed by atoms with Crippen molar-refractivity contribution >= 4 is 18.1 Å². The van der Waals surface area contributed by atoms with Crippen LogP contribution in [0.15, 0.2) is 47.4 Å². The second-order valence-electron chi connectivity index (χ2n) is 7.93. The van der Waals surface area contributed by atoms with Crippen LogP contribution in [-0.4, -0.2) is 88.5 Å². The molecule has 10 heteroatoms. The van der Waals surface area contributed by atoms with E-state index in [0.717, 1.165) is 0 Å². The Morgan fingerprint density at radius 1 is 0.971 bits per heavy atom. The highest BCUT2D eigenvalue weighted by Gasteiger charge is 2.16. The molecule has 0 heterocycles. The zero-order valence-corrected chi connectivity index (χ0v) is 22.3. The average molecular weight is 495 g/mol. The summed E-state index contributed by atoms with van der Waals surface area (Å²) in [5.41, 5.74) is 1.10. The monoisotopic (exact) mass is 494 g/mol. The summed E-state index contributed by atoms with van der Waals surface area (Å²) >= 11 is 0. The van der Waals surface area contributed by atoms with Crippen molar-refractivity contribution in [1.82, 2.24) is 20.4 Å². The maximum absolute atomic E-state index is 12.5. The van der Waals surface area contributed by atoms with Crippen LogP contribution in [0.1, 0.15) is 34.1 Å². The maximum atomic E-state index is 12.5. The Labute approximate surface area is 209 Å². The summed E-state index contributed by atoms with van der Waals surface area (Å²) in [6.45, 7) is 8.29. The summed E-state index contributed by atoms with van der Waals surface area (Å²) in [7, 11) is 6.48. The Balaban J connectivity index is 5.35. The van der Waals surface area contributed by atoms with E-state index in [1.54, 1.807) is 65.4 Å². The fraction of sp³-hybridized carbons (Fsp3) is 0.560. The van der Waals surface area contributed by atoms with Crippen LogP contribution in [-0.2, 0) is 19.0 Å². The number of ether oxygens (including phenoxy) is 3. The van der Waals surface area contributed by atoms with Crippen molar-refractivity contribution in [2.45, 2.75) is 40.2 Å². The van der Waals surface area contributed by atoms with Crippen LogP contribution < -0.4 is 10.6 Å². The van der Waals surface area contributed by atoms with Gasteiger partial charge in [-0.1, -0.05) is 18.2 Å². The Kier molecular flexibility index (Phi) is 16.4. The first kappa shape index (κ1) is 31.7. The van der Waals surface area contributed by atoms with Crippen LogP contribution in [0.2, 0.25) is 0 Å². The number of hydrogen-bond acceptors (Lipinski definition) is 7. The fourth-order valence-corrected chi connectivity index (χ4v) is 2.61. The molecule has 0 aromatic carbocycles. The molecule has 0 bridgehead atoms. The van der Waals surface area contributed by atoms with E-state index in [0.29, 0.717) is 36.5 Å². The zero-order valence-electron chi connectivity index (χ0n) is 22.3. The van der Waals surface area contributed by atoms with Gasteiger partial charge in [-0.3, -0.25) is 4.79 Å². The zero-order chi connectivity index (χ0) is 26.8. The van der Waals surface area contributed by atoms with Crippen LogP contribution in [0.3, 0.4) is 0 Å². The molecule has 0 atom stereocenters. The van der Waals surface area contributed by atoms with Gasteiger partial charge in [-0.05, 0) is 52.5 Å². The quantitative estimate of drug-likeness (QED) is 0.282. The summed E-state index contributed by atoms with van der Waals surface area (Å²) in [6, 6.07) is 0. The Hall–Kier alpha value is -3.27. The van der Waals surface area contributed by atoms with Crippen molar-refractivity contribution in [3.8, 4) is 0 Å². The number of allylic oxidation sites excluding steroid dienone is 4. The smallest absolute Gasteiger partial charge is 0.409 e. The number of carbonyl (C=O) groups excluding carboxylic acids is 3. The van der Waals surface area contributed by atoms with Crippen LogP contribution >= 0.6 is 0 Å². The molecule has 198 valence electrons. The normalized spacial score (nSPS) is 12.5. The predicted octanol–water partition coefficient (Wildman–Crippen LogP) is 3.19. The van der Waals surface area contributed by atoms with Gasteiger partial charge in [-0.25, -0.2) is 9.59 Å². The number of carbonyl (C=O) groups is 3. The third-order valence-electron chi connectivity index (χ3n) is 4.48. The Morgan fingerprint density at radius 2 is 1.57 bits per heavy atom. The van der Waals surface area contributed by atoms with Gasteiger partial charge < -0.3 is 34.6 Å². The fourth-order valence-electron chi connectivity index (χ4n) is 2.61. The predicted molar refractivity (Wildman–Crippen MR) is 137 cm³/mol. The summed E-state index contributed by atoms with van der Waals surface area (Å²) in [5.74, 6) is 0.286. The van der Waals surface area contributed by atoms with Gasteiger partial charge in [-0.15, -0.1) is 0 Å². The third-order valence-corrected chi connectivity index (χ3v) is 4.48. The molecule has 35 heavy (non-hydrogen) atoms. The van der Waals surface area contributed by atoms with Gasteiger partial charge in [0, 0.05) is 40.2 Å². The minimum absolute atomic E-state index is 0.0263. The number of nitrogens with zero attached hydrogens (tertiary/aromatic N) is 2. The van der Waals surface area contributed by atoms with Crippen molar-refractivity contribution < 1.29 is 28.6 Å². The molecule has 0 radical (unpaired) electrons. The standard InChI is InChI=1S/C25H42N4O6/c1-9-11-20(17-21(22(33-8)12-10-2)27-23(30)13-14-26-5)18-34-24(31)28(6)15-16-29(7)25(32)35-19(3)4/h9-12,17,19,26H,13-16,18H2,1-8H3,(H,27,30)/b11-9+,12-10-,20-17+,22-21-. The van der Waals surface area contributed by atoms with E-state index in [4.69, 9.17) is 14.2 Å². The summed E-state index contributed by atoms with van der Waals surface area (Å²) in [4.78, 5) is 39.5. The Morgan fingerprint density at radius 3 is 2.09 bits per heavy atom. The highest BCUT2D eigenvalue weighted by atomic mass is 16.6. The van der Waals surface area contributed by atoms with Crippen LogP contribution in [0.4, 0.5) is 9.59 Å². The second kappa shape index (κ2) is 18.1. The van der Waals surface area contributed by atoms with Gasteiger partial charge in [-0.2, -0.15) is 0 Å². The second-order valence-corrected chi connectivity index (χ2v) is 7.93. The van der Waals surface area contributed by atoms with Crippen molar-refractivity contribution in [2.24, 2.45) is 0 Å². The minimum atomic E-state index is -0.546. The molecule has 0 aliphatic rings. The van der Waals surface area contributed by atoms with Crippen LogP contribution in [0.5, 0.6) is 0 Å². The molecule has 0 aromatic heterocycles. The Bertz CT molecular complexity index is 802. The van der Waals surface area contributed by atoms with Gasteiger partial charge in [0.2, 0.25) is 5.91 Å². The molecule has 10 nitrogen and oxygen atoms in total. The van der Waals surface area contributed by atoms with Crippen molar-refractivity contribution in [3.63, 3.8) is 0 Å². The van der Waals surface area contributed by atoms with E-state index >= 15 is 0 Å². The number of nitrogens with one attached hydrogen (secondary N) is 2. The summed E-state index contributed by atoms with van der Waals surface area (Å²) in [5, 5.41) is 5.79. The maximum Gasteiger partial charge on any atom is 0.409 e. The van der Waals surface area contributed by atoms with E-state index < -0.39 is 12.2 Å². The first-order valence-electron chi connectivity index (χ1n) is 11.6. The number of rotatable bonds is 14. The van der Waals surface area contributed by atoms with E-state index in [2.05, 4.69) is 10.6 Å². The lowest BCUT2D eigenvalue weighted by Gasteiger charge is -2.22. The third kappa shape index (κ3) is 13.9. The molecule has 0 aliphatic heterocycles. The SMILES string of the molecule is C\C=C/C(OC)=C(\C=C(/C=C/C)COC(=O)N(C)CCN(C)C(=O)OC(C)C)NC(=O)CCNC. The van der Waals surface area contributed by atoms with Gasteiger partial charge in [0.05, 0.1) is 18.9 Å². The molecule has 0 unspecified atom stereocenters. The van der Waals surface area contributed by atoms with Gasteiger partial charge >= 0.3 is 12.2 Å². The topological polar surface area (TPSA) is 109 Å². The van der Waals surface area contributed by atoms with Crippen LogP contribution in [0, 0.1) is 0 Å². The number of likely N-dealkylation sites (N-methyl/N-ethyl adjacent to an activating group) is 2. The van der Waals surface area contributed by atoms with Crippen LogP contribution in [0.25, 0.3) is 0 Å². The number of hydrogen-bond donors (Lipinski definition) is 2. The molecule has 2 N–H and O–H groups in total. The molecular weight excluding hydrogens is 452 g/mol. The first-order valence-corrected chi connectivity index (χ1v) is 11.6. The molecule has 0 aromatic rings. The molecule has 0 fully saturated rings. The number of methoxy groups -OCH3 is 1. The molecule has 0 aliphatic carbocycles. The number of amides is 3. The first-order chi connectivity index (χ1) is 16.6. The van der Waals surface area contributed by atoms with E-state index in [1.165, 1.54) is 16.9 Å².